The molecule has 0 fully saturated rings. The predicted octanol–water partition coefficient (Wildman–Crippen LogP) is 5.09. The first-order valence-electron chi connectivity index (χ1n) is 10.0. The highest BCUT2D eigenvalue weighted by Crippen LogP contribution is 2.17. The number of carbonyl (C=O) groups excluding carboxylic acids is 1. The Kier molecular flexibility index (Phi) is 8.70. The molecule has 0 saturated heterocycles. The second-order valence-corrected chi connectivity index (χ2v) is 8.25. The van der Waals surface area contributed by atoms with Crippen molar-refractivity contribution in [2.75, 3.05) is 20.7 Å². The summed E-state index contributed by atoms with van der Waals surface area (Å²) in [6, 6.07) is 15.3. The van der Waals surface area contributed by atoms with Gasteiger partial charge < -0.3 is 9.47 Å². The average molecular weight is 406 g/mol. The molecule has 0 unspecified atom stereocenters. The van der Waals surface area contributed by atoms with Crippen LogP contribution in [0.4, 0.5) is 0 Å². The van der Waals surface area contributed by atoms with Crippen molar-refractivity contribution in [1.82, 2.24) is 4.90 Å². The summed E-state index contributed by atoms with van der Waals surface area (Å²) in [5, 5.41) is 0. The Hall–Kier alpha value is -3.03. The number of allylic oxidation sites excluding steroid dienone is 1. The van der Waals surface area contributed by atoms with Gasteiger partial charge in [-0.2, -0.15) is 0 Å². The smallest absolute Gasteiger partial charge is 0.337 e. The van der Waals surface area contributed by atoms with Gasteiger partial charge in [-0.1, -0.05) is 42.2 Å². The maximum atomic E-state index is 11.7. The number of esters is 1. The molecule has 30 heavy (non-hydrogen) atoms. The Morgan fingerprint density at radius 2 is 1.83 bits per heavy atom. The van der Waals surface area contributed by atoms with Gasteiger partial charge in [-0.25, -0.2) is 4.79 Å². The van der Waals surface area contributed by atoms with Crippen molar-refractivity contribution < 1.29 is 14.3 Å². The SMILES string of the molecule is COC(=O)c1cccc(COc2cccc(CN(C)C/C=C/C#CC(C)(C)C)c2)c1. The summed E-state index contributed by atoms with van der Waals surface area (Å²) in [5.74, 6) is 6.74. The van der Waals surface area contributed by atoms with E-state index in [1.165, 1.54) is 12.7 Å². The van der Waals surface area contributed by atoms with Crippen LogP contribution < -0.4 is 4.74 Å². The molecule has 4 nitrogen and oxygen atoms in total. The molecule has 0 amide bonds. The lowest BCUT2D eigenvalue weighted by Gasteiger charge is -2.15. The van der Waals surface area contributed by atoms with Crippen LogP contribution in [0.1, 0.15) is 42.3 Å². The molecule has 158 valence electrons. The van der Waals surface area contributed by atoms with Crippen LogP contribution in [0.5, 0.6) is 5.75 Å². The molecule has 0 spiro atoms. The van der Waals surface area contributed by atoms with Crippen molar-refractivity contribution in [1.29, 1.82) is 0 Å². The van der Waals surface area contributed by atoms with Crippen LogP contribution >= 0.6 is 0 Å². The maximum Gasteiger partial charge on any atom is 0.337 e. The minimum atomic E-state index is -0.347. The zero-order valence-electron chi connectivity index (χ0n) is 18.6. The van der Waals surface area contributed by atoms with E-state index in [1.807, 2.05) is 36.4 Å². The Morgan fingerprint density at radius 3 is 2.57 bits per heavy atom. The Morgan fingerprint density at radius 1 is 1.10 bits per heavy atom. The summed E-state index contributed by atoms with van der Waals surface area (Å²) in [6.07, 6.45) is 4.00. The third kappa shape index (κ3) is 8.55. The van der Waals surface area contributed by atoms with Crippen molar-refractivity contribution in [3.05, 3.63) is 77.4 Å². The van der Waals surface area contributed by atoms with Gasteiger partial charge in [-0.05, 0) is 69.3 Å². The third-order valence-corrected chi connectivity index (χ3v) is 4.17. The molecule has 4 heteroatoms. The third-order valence-electron chi connectivity index (χ3n) is 4.17. The van der Waals surface area contributed by atoms with Gasteiger partial charge in [0.1, 0.15) is 12.4 Å². The van der Waals surface area contributed by atoms with E-state index in [4.69, 9.17) is 9.47 Å². The van der Waals surface area contributed by atoms with Crippen molar-refractivity contribution in [2.24, 2.45) is 5.41 Å². The number of likely N-dealkylation sites (N-methyl/N-ethyl adjacent to an activating group) is 1. The number of carbonyl (C=O) groups is 1. The standard InChI is InChI=1S/C26H31NO3/c1-26(2,3)15-7-6-8-16-27(4)19-21-11-10-14-24(18-21)30-20-22-12-9-13-23(17-22)25(28)29-5/h6,8-14,17-18H,16,19-20H2,1-5H3/b8-6+. The molecule has 0 saturated carbocycles. The number of rotatable bonds is 8. The van der Waals surface area contributed by atoms with Gasteiger partial charge in [0.2, 0.25) is 0 Å². The Balaban J connectivity index is 1.89. The Bertz CT molecular complexity index is 929. The quantitative estimate of drug-likeness (QED) is 0.453. The largest absolute Gasteiger partial charge is 0.489 e. The summed E-state index contributed by atoms with van der Waals surface area (Å²) in [7, 11) is 3.45. The van der Waals surface area contributed by atoms with Crippen LogP contribution in [0.2, 0.25) is 0 Å². The lowest BCUT2D eigenvalue weighted by molar-refractivity contribution is 0.0600. The summed E-state index contributed by atoms with van der Waals surface area (Å²) >= 11 is 0. The van der Waals surface area contributed by atoms with E-state index in [0.29, 0.717) is 12.2 Å². The molecular formula is C26H31NO3. The molecule has 2 aromatic carbocycles. The highest BCUT2D eigenvalue weighted by molar-refractivity contribution is 5.89. The second kappa shape index (κ2) is 11.2. The van der Waals surface area contributed by atoms with Crippen LogP contribution in [0, 0.1) is 17.3 Å². The van der Waals surface area contributed by atoms with E-state index in [2.05, 4.69) is 56.7 Å². The minimum absolute atomic E-state index is 0.0251. The van der Waals surface area contributed by atoms with Crippen molar-refractivity contribution in [3.63, 3.8) is 0 Å². The molecule has 0 radical (unpaired) electrons. The van der Waals surface area contributed by atoms with Crippen molar-refractivity contribution in [3.8, 4) is 17.6 Å². The lowest BCUT2D eigenvalue weighted by Crippen LogP contribution is -2.17. The van der Waals surface area contributed by atoms with Gasteiger partial charge in [0.05, 0.1) is 12.7 Å². The van der Waals surface area contributed by atoms with Gasteiger partial charge in [0.15, 0.2) is 0 Å². The molecule has 0 aliphatic carbocycles. The van der Waals surface area contributed by atoms with E-state index < -0.39 is 0 Å². The summed E-state index contributed by atoms with van der Waals surface area (Å²) < 4.78 is 10.7. The maximum absolute atomic E-state index is 11.7. The Labute approximate surface area is 180 Å². The summed E-state index contributed by atoms with van der Waals surface area (Å²) in [6.45, 7) is 8.33. The number of hydrogen-bond donors (Lipinski definition) is 0. The molecule has 0 aliphatic heterocycles. The molecule has 0 aromatic heterocycles. The van der Waals surface area contributed by atoms with Gasteiger partial charge in [-0.15, -0.1) is 0 Å². The molecule has 0 heterocycles. The first-order valence-corrected chi connectivity index (χ1v) is 10.0. The van der Waals surface area contributed by atoms with Gasteiger partial charge in [0.25, 0.3) is 0 Å². The van der Waals surface area contributed by atoms with Gasteiger partial charge >= 0.3 is 5.97 Å². The van der Waals surface area contributed by atoms with Crippen LogP contribution in [0.25, 0.3) is 0 Å². The molecular weight excluding hydrogens is 374 g/mol. The van der Waals surface area contributed by atoms with Crippen molar-refractivity contribution in [2.45, 2.75) is 33.9 Å². The average Bonchev–Trinajstić information content (AvgIpc) is 2.71. The number of ether oxygens (including phenoxy) is 2. The molecule has 2 rings (SSSR count). The van der Waals surface area contributed by atoms with E-state index in [9.17, 15) is 4.79 Å². The van der Waals surface area contributed by atoms with Crippen LogP contribution in [-0.2, 0) is 17.9 Å². The van der Waals surface area contributed by atoms with Crippen LogP contribution in [-0.4, -0.2) is 31.6 Å². The normalized spacial score (nSPS) is 11.3. The van der Waals surface area contributed by atoms with Crippen LogP contribution in [0.3, 0.4) is 0 Å². The lowest BCUT2D eigenvalue weighted by atomic mass is 9.98. The van der Waals surface area contributed by atoms with E-state index in [0.717, 1.165) is 24.4 Å². The molecule has 0 aliphatic rings. The topological polar surface area (TPSA) is 38.8 Å². The number of hydrogen-bond acceptors (Lipinski definition) is 4. The summed E-state index contributed by atoms with van der Waals surface area (Å²) in [5.41, 5.74) is 2.64. The first kappa shape index (κ1) is 23.3. The van der Waals surface area contributed by atoms with E-state index in [1.54, 1.807) is 12.1 Å². The second-order valence-electron chi connectivity index (χ2n) is 8.25. The number of benzene rings is 2. The highest BCUT2D eigenvalue weighted by atomic mass is 16.5. The number of nitrogens with zero attached hydrogens (tertiary/aromatic N) is 1. The zero-order chi connectivity index (χ0) is 22.0. The van der Waals surface area contributed by atoms with Crippen LogP contribution in [0.15, 0.2) is 60.7 Å². The fourth-order valence-corrected chi connectivity index (χ4v) is 2.73. The fourth-order valence-electron chi connectivity index (χ4n) is 2.73. The van der Waals surface area contributed by atoms with E-state index in [-0.39, 0.29) is 11.4 Å². The van der Waals surface area contributed by atoms with Crippen molar-refractivity contribution >= 4 is 5.97 Å². The molecule has 0 bridgehead atoms. The molecule has 2 aromatic rings. The number of methoxy groups -OCH3 is 1. The summed E-state index contributed by atoms with van der Waals surface area (Å²) in [4.78, 5) is 13.9. The fraction of sp³-hybridized carbons (Fsp3) is 0.346. The highest BCUT2D eigenvalue weighted by Gasteiger charge is 2.07. The van der Waals surface area contributed by atoms with E-state index >= 15 is 0 Å². The molecule has 0 atom stereocenters. The van der Waals surface area contributed by atoms with Gasteiger partial charge in [0, 0.05) is 18.5 Å². The molecule has 0 N–H and O–H groups in total. The minimum Gasteiger partial charge on any atom is -0.489 e. The predicted molar refractivity (Wildman–Crippen MR) is 121 cm³/mol. The first-order chi connectivity index (χ1) is 14.3. The zero-order valence-corrected chi connectivity index (χ0v) is 18.6. The monoisotopic (exact) mass is 405 g/mol. The van der Waals surface area contributed by atoms with Gasteiger partial charge in [-0.3, -0.25) is 4.90 Å².